The predicted molar refractivity (Wildman–Crippen MR) is 67.7 cm³/mol. The molecule has 18 heavy (non-hydrogen) atoms. The first-order valence-corrected chi connectivity index (χ1v) is 5.80. The summed E-state index contributed by atoms with van der Waals surface area (Å²) in [5.41, 5.74) is 1.11. The van der Waals surface area contributed by atoms with Crippen molar-refractivity contribution in [1.82, 2.24) is 9.88 Å². The first kappa shape index (κ1) is 14.3. The third kappa shape index (κ3) is 4.60. The summed E-state index contributed by atoms with van der Waals surface area (Å²) in [5, 5.41) is 11.8. The van der Waals surface area contributed by atoms with Gasteiger partial charge in [0.25, 0.3) is 0 Å². The van der Waals surface area contributed by atoms with Gasteiger partial charge < -0.3 is 14.6 Å². The predicted octanol–water partition coefficient (Wildman–Crippen LogP) is 1.33. The highest BCUT2D eigenvalue weighted by atomic mass is 16.6. The minimum atomic E-state index is -0.459. The van der Waals surface area contributed by atoms with E-state index in [1.165, 1.54) is 0 Å². The van der Waals surface area contributed by atoms with Gasteiger partial charge in [-0.05, 0) is 32.4 Å². The number of nitrogens with zero attached hydrogens (tertiary/aromatic N) is 2. The Balaban J connectivity index is 2.38. The first-order valence-electron chi connectivity index (χ1n) is 5.80. The lowest BCUT2D eigenvalue weighted by molar-refractivity contribution is -0.153. The number of nitrogens with one attached hydrogen (secondary N) is 1. The number of rotatable bonds is 4. The summed E-state index contributed by atoms with van der Waals surface area (Å²) >= 11 is 0. The molecule has 0 amide bonds. The summed E-state index contributed by atoms with van der Waals surface area (Å²) in [4.78, 5) is 11.4. The lowest BCUT2D eigenvalue weighted by Gasteiger charge is -2.19. The average molecular weight is 249 g/mol. The van der Waals surface area contributed by atoms with Crippen LogP contribution in [-0.2, 0) is 23.1 Å². The smallest absolute Gasteiger partial charge is 0.320 e. The lowest BCUT2D eigenvalue weighted by Crippen LogP contribution is -2.31. The molecule has 0 bridgehead atoms. The average Bonchev–Trinajstić information content (AvgIpc) is 2.56. The molecule has 5 heteroatoms. The van der Waals surface area contributed by atoms with E-state index in [0.29, 0.717) is 12.2 Å². The maximum atomic E-state index is 11.4. The molecule has 0 aromatic carbocycles. The number of aromatic nitrogens is 1. The van der Waals surface area contributed by atoms with Crippen molar-refractivity contribution in [2.45, 2.75) is 32.9 Å². The van der Waals surface area contributed by atoms with Crippen molar-refractivity contribution in [3.8, 4) is 6.07 Å². The number of ether oxygens (including phenoxy) is 1. The molecule has 0 atom stereocenters. The standard InChI is InChI=1S/C13H19N3O2/c1-13(2,3)18-12(17)8-15-7-10-5-11(6-14)16(4)9-10/h5,9,15H,7-8H2,1-4H3. The van der Waals surface area contributed by atoms with E-state index in [4.69, 9.17) is 10.00 Å². The molecule has 0 radical (unpaired) electrons. The highest BCUT2D eigenvalue weighted by molar-refractivity contribution is 5.72. The van der Waals surface area contributed by atoms with Crippen LogP contribution in [0.25, 0.3) is 0 Å². The summed E-state index contributed by atoms with van der Waals surface area (Å²) in [6, 6.07) is 3.88. The maximum Gasteiger partial charge on any atom is 0.320 e. The van der Waals surface area contributed by atoms with Crippen LogP contribution < -0.4 is 5.32 Å². The number of aryl methyl sites for hydroxylation is 1. The summed E-state index contributed by atoms with van der Waals surface area (Å²) in [5.74, 6) is -0.279. The fourth-order valence-electron chi connectivity index (χ4n) is 1.53. The van der Waals surface area contributed by atoms with Gasteiger partial charge >= 0.3 is 5.97 Å². The van der Waals surface area contributed by atoms with Crippen LogP contribution in [-0.4, -0.2) is 22.7 Å². The molecular formula is C13H19N3O2. The van der Waals surface area contributed by atoms with E-state index in [2.05, 4.69) is 11.4 Å². The Hall–Kier alpha value is -1.80. The fourth-order valence-corrected chi connectivity index (χ4v) is 1.53. The monoisotopic (exact) mass is 249 g/mol. The molecule has 0 spiro atoms. The van der Waals surface area contributed by atoms with Crippen LogP contribution in [0.2, 0.25) is 0 Å². The number of hydrogen-bond donors (Lipinski definition) is 1. The topological polar surface area (TPSA) is 67.1 Å². The Morgan fingerprint density at radius 2 is 2.22 bits per heavy atom. The molecule has 0 unspecified atom stereocenters. The van der Waals surface area contributed by atoms with Gasteiger partial charge in [0.15, 0.2) is 0 Å². The van der Waals surface area contributed by atoms with E-state index in [-0.39, 0.29) is 12.5 Å². The Morgan fingerprint density at radius 1 is 1.56 bits per heavy atom. The van der Waals surface area contributed by atoms with Gasteiger partial charge in [-0.3, -0.25) is 4.79 Å². The fraction of sp³-hybridized carbons (Fsp3) is 0.538. The zero-order valence-corrected chi connectivity index (χ0v) is 11.3. The maximum absolute atomic E-state index is 11.4. The molecule has 5 nitrogen and oxygen atoms in total. The lowest BCUT2D eigenvalue weighted by atomic mass is 10.2. The number of esters is 1. The van der Waals surface area contributed by atoms with E-state index < -0.39 is 5.60 Å². The Bertz CT molecular complexity index is 464. The number of hydrogen-bond acceptors (Lipinski definition) is 4. The third-order valence-electron chi connectivity index (χ3n) is 2.19. The van der Waals surface area contributed by atoms with E-state index >= 15 is 0 Å². The second-order valence-electron chi connectivity index (χ2n) is 5.15. The van der Waals surface area contributed by atoms with Crippen molar-refractivity contribution in [2.75, 3.05) is 6.54 Å². The second-order valence-corrected chi connectivity index (χ2v) is 5.15. The molecule has 1 aromatic rings. The van der Waals surface area contributed by atoms with Crippen molar-refractivity contribution in [3.63, 3.8) is 0 Å². The minimum Gasteiger partial charge on any atom is -0.459 e. The van der Waals surface area contributed by atoms with Gasteiger partial charge in [0.05, 0.1) is 6.54 Å². The zero-order valence-electron chi connectivity index (χ0n) is 11.3. The van der Waals surface area contributed by atoms with Gasteiger partial charge in [-0.15, -0.1) is 0 Å². The zero-order chi connectivity index (χ0) is 13.8. The summed E-state index contributed by atoms with van der Waals surface area (Å²) < 4.78 is 6.92. The van der Waals surface area contributed by atoms with Crippen molar-refractivity contribution in [3.05, 3.63) is 23.5 Å². The molecule has 0 fully saturated rings. The van der Waals surface area contributed by atoms with Crippen LogP contribution >= 0.6 is 0 Å². The Kier molecular flexibility index (Phi) is 4.51. The third-order valence-corrected chi connectivity index (χ3v) is 2.19. The molecular weight excluding hydrogens is 230 g/mol. The summed E-state index contributed by atoms with van der Waals surface area (Å²) in [6.07, 6.45) is 1.86. The van der Waals surface area contributed by atoms with Gasteiger partial charge in [0, 0.05) is 19.8 Å². The number of carbonyl (C=O) groups is 1. The van der Waals surface area contributed by atoms with Crippen LogP contribution in [0.1, 0.15) is 32.0 Å². The van der Waals surface area contributed by atoms with Crippen LogP contribution in [0.3, 0.4) is 0 Å². The molecule has 1 heterocycles. The van der Waals surface area contributed by atoms with E-state index in [1.54, 1.807) is 10.6 Å². The van der Waals surface area contributed by atoms with E-state index in [9.17, 15) is 4.79 Å². The minimum absolute atomic E-state index is 0.161. The second kappa shape index (κ2) is 5.69. The molecule has 0 saturated heterocycles. The number of nitriles is 1. The van der Waals surface area contributed by atoms with Gasteiger partial charge in [-0.1, -0.05) is 0 Å². The van der Waals surface area contributed by atoms with Crippen LogP contribution in [0, 0.1) is 11.3 Å². The van der Waals surface area contributed by atoms with Gasteiger partial charge in [-0.25, -0.2) is 0 Å². The largest absolute Gasteiger partial charge is 0.459 e. The Labute approximate surface area is 107 Å². The molecule has 1 aromatic heterocycles. The normalized spacial score (nSPS) is 11.1. The van der Waals surface area contributed by atoms with Crippen LogP contribution in [0.4, 0.5) is 0 Å². The first-order chi connectivity index (χ1) is 8.31. The molecule has 0 aliphatic rings. The molecule has 1 rings (SSSR count). The summed E-state index contributed by atoms with van der Waals surface area (Å²) in [6.45, 7) is 6.20. The van der Waals surface area contributed by atoms with Crippen LogP contribution in [0.5, 0.6) is 0 Å². The highest BCUT2D eigenvalue weighted by Crippen LogP contribution is 2.07. The van der Waals surface area contributed by atoms with Crippen molar-refractivity contribution >= 4 is 5.97 Å². The van der Waals surface area contributed by atoms with Crippen molar-refractivity contribution < 1.29 is 9.53 Å². The summed E-state index contributed by atoms with van der Waals surface area (Å²) in [7, 11) is 1.82. The molecule has 1 N–H and O–H groups in total. The van der Waals surface area contributed by atoms with Crippen LogP contribution in [0.15, 0.2) is 12.3 Å². The van der Waals surface area contributed by atoms with Crippen molar-refractivity contribution in [2.24, 2.45) is 7.05 Å². The highest BCUT2D eigenvalue weighted by Gasteiger charge is 2.15. The number of carbonyl (C=O) groups excluding carboxylic acids is 1. The molecule has 0 aliphatic carbocycles. The quantitative estimate of drug-likeness (QED) is 0.817. The van der Waals surface area contributed by atoms with E-state index in [0.717, 1.165) is 5.56 Å². The Morgan fingerprint density at radius 3 is 2.72 bits per heavy atom. The van der Waals surface area contributed by atoms with E-state index in [1.807, 2.05) is 34.0 Å². The van der Waals surface area contributed by atoms with Gasteiger partial charge in [0.1, 0.15) is 17.4 Å². The SMILES string of the molecule is Cn1cc(CNCC(=O)OC(C)(C)C)cc1C#N. The molecule has 98 valence electrons. The van der Waals surface area contributed by atoms with Gasteiger partial charge in [0.2, 0.25) is 0 Å². The van der Waals surface area contributed by atoms with Gasteiger partial charge in [-0.2, -0.15) is 5.26 Å². The molecule has 0 saturated carbocycles. The van der Waals surface area contributed by atoms with Crippen molar-refractivity contribution in [1.29, 1.82) is 5.26 Å². The molecule has 0 aliphatic heterocycles.